The highest BCUT2D eigenvalue weighted by atomic mass is 32.1. The van der Waals surface area contributed by atoms with Crippen molar-refractivity contribution >= 4 is 22.9 Å². The predicted octanol–water partition coefficient (Wildman–Crippen LogP) is 4.60. The number of benzene rings is 2. The number of carbonyl (C=O) groups excluding carboxylic acids is 1. The number of para-hydroxylation sites is 2. The lowest BCUT2D eigenvalue weighted by Gasteiger charge is -2.09. The summed E-state index contributed by atoms with van der Waals surface area (Å²) in [4.78, 5) is 13.0. The number of hydrogen-bond donors (Lipinski definition) is 1. The van der Waals surface area contributed by atoms with Crippen LogP contribution in [0.15, 0.2) is 60.0 Å². The summed E-state index contributed by atoms with van der Waals surface area (Å²) < 4.78 is 16.2. The summed E-state index contributed by atoms with van der Waals surface area (Å²) in [5.41, 5.74) is 1.65. The summed E-state index contributed by atoms with van der Waals surface area (Å²) in [6, 6.07) is 16.5. The van der Waals surface area contributed by atoms with Crippen molar-refractivity contribution in [3.63, 3.8) is 0 Å². The van der Waals surface area contributed by atoms with Gasteiger partial charge in [0.25, 0.3) is 5.91 Å². The Morgan fingerprint density at radius 2 is 1.73 bits per heavy atom. The molecule has 0 spiro atoms. The average Bonchev–Trinajstić information content (AvgIpc) is 3.16. The first-order valence-corrected chi connectivity index (χ1v) is 8.86. The molecule has 0 saturated heterocycles. The standard InChI is InChI=1S/C20H19NO4S/c1-23-16-9-7-15(8-10-16)21-20(22)19-11-14(13-26-19)12-25-18-6-4-3-5-17(18)24-2/h3-11,13H,12H2,1-2H3,(H,21,22). The van der Waals surface area contributed by atoms with Gasteiger partial charge in [0.05, 0.1) is 19.1 Å². The first-order chi connectivity index (χ1) is 12.7. The Kier molecular flexibility index (Phi) is 5.76. The van der Waals surface area contributed by atoms with E-state index in [9.17, 15) is 4.79 Å². The second-order valence-electron chi connectivity index (χ2n) is 5.44. The molecule has 1 heterocycles. The zero-order valence-electron chi connectivity index (χ0n) is 14.5. The normalized spacial score (nSPS) is 10.2. The number of thiophene rings is 1. The van der Waals surface area contributed by atoms with E-state index < -0.39 is 0 Å². The molecule has 26 heavy (non-hydrogen) atoms. The molecule has 1 aromatic heterocycles. The highest BCUT2D eigenvalue weighted by molar-refractivity contribution is 7.12. The predicted molar refractivity (Wildman–Crippen MR) is 103 cm³/mol. The van der Waals surface area contributed by atoms with Crippen molar-refractivity contribution in [1.29, 1.82) is 0 Å². The Labute approximate surface area is 156 Å². The van der Waals surface area contributed by atoms with Gasteiger partial charge in [-0.15, -0.1) is 11.3 Å². The minimum Gasteiger partial charge on any atom is -0.497 e. The van der Waals surface area contributed by atoms with E-state index in [1.807, 2.05) is 35.7 Å². The number of rotatable bonds is 7. The number of anilines is 1. The van der Waals surface area contributed by atoms with Crippen LogP contribution in [0, 0.1) is 0 Å². The summed E-state index contributed by atoms with van der Waals surface area (Å²) in [7, 11) is 3.21. The molecule has 1 N–H and O–H groups in total. The molecule has 0 aliphatic rings. The molecule has 6 heteroatoms. The number of hydrogen-bond acceptors (Lipinski definition) is 5. The van der Waals surface area contributed by atoms with Crippen LogP contribution < -0.4 is 19.5 Å². The smallest absolute Gasteiger partial charge is 0.265 e. The van der Waals surface area contributed by atoms with Gasteiger partial charge in [-0.05, 0) is 47.8 Å². The first-order valence-electron chi connectivity index (χ1n) is 7.98. The maximum Gasteiger partial charge on any atom is 0.265 e. The Bertz CT molecular complexity index is 874. The van der Waals surface area contributed by atoms with Crippen LogP contribution in [-0.2, 0) is 6.61 Å². The van der Waals surface area contributed by atoms with Crippen molar-refractivity contribution in [2.75, 3.05) is 19.5 Å². The summed E-state index contributed by atoms with van der Waals surface area (Å²) in [6.45, 7) is 0.368. The minimum absolute atomic E-state index is 0.149. The Morgan fingerprint density at radius 3 is 2.42 bits per heavy atom. The van der Waals surface area contributed by atoms with Gasteiger partial charge in [0, 0.05) is 11.3 Å². The van der Waals surface area contributed by atoms with E-state index in [0.717, 1.165) is 17.0 Å². The summed E-state index contributed by atoms with van der Waals surface area (Å²) in [5, 5.41) is 4.79. The highest BCUT2D eigenvalue weighted by Crippen LogP contribution is 2.27. The van der Waals surface area contributed by atoms with Crippen molar-refractivity contribution in [2.24, 2.45) is 0 Å². The first kappa shape index (κ1) is 17.8. The second kappa shape index (κ2) is 8.40. The maximum atomic E-state index is 12.4. The Balaban J connectivity index is 1.60. The molecule has 2 aromatic carbocycles. The van der Waals surface area contributed by atoms with Crippen molar-refractivity contribution in [2.45, 2.75) is 6.61 Å². The quantitative estimate of drug-likeness (QED) is 0.661. The van der Waals surface area contributed by atoms with Crippen molar-refractivity contribution in [3.05, 3.63) is 70.4 Å². The molecule has 0 saturated carbocycles. The number of amides is 1. The van der Waals surface area contributed by atoms with Gasteiger partial charge in [-0.2, -0.15) is 0 Å². The largest absolute Gasteiger partial charge is 0.497 e. The van der Waals surface area contributed by atoms with Crippen LogP contribution in [0.25, 0.3) is 0 Å². The van der Waals surface area contributed by atoms with Gasteiger partial charge >= 0.3 is 0 Å². The monoisotopic (exact) mass is 369 g/mol. The lowest BCUT2D eigenvalue weighted by molar-refractivity contribution is 0.103. The van der Waals surface area contributed by atoms with E-state index in [1.165, 1.54) is 11.3 Å². The van der Waals surface area contributed by atoms with E-state index in [2.05, 4.69) is 5.32 Å². The number of methoxy groups -OCH3 is 2. The van der Waals surface area contributed by atoms with Crippen LogP contribution in [0.4, 0.5) is 5.69 Å². The maximum absolute atomic E-state index is 12.4. The molecule has 134 valence electrons. The highest BCUT2D eigenvalue weighted by Gasteiger charge is 2.11. The van der Waals surface area contributed by atoms with E-state index in [4.69, 9.17) is 14.2 Å². The Hall–Kier alpha value is -2.99. The summed E-state index contributed by atoms with van der Waals surface area (Å²) in [5.74, 6) is 1.95. The molecule has 0 aliphatic heterocycles. The van der Waals surface area contributed by atoms with Gasteiger partial charge in [-0.1, -0.05) is 12.1 Å². The number of ether oxygens (including phenoxy) is 3. The molecule has 1 amide bonds. The van der Waals surface area contributed by atoms with Crippen LogP contribution in [0.5, 0.6) is 17.2 Å². The third-order valence-electron chi connectivity index (χ3n) is 3.69. The van der Waals surface area contributed by atoms with Gasteiger partial charge < -0.3 is 19.5 Å². The van der Waals surface area contributed by atoms with Crippen LogP contribution in [0.2, 0.25) is 0 Å². The van der Waals surface area contributed by atoms with E-state index in [-0.39, 0.29) is 5.91 Å². The third kappa shape index (κ3) is 4.34. The van der Waals surface area contributed by atoms with E-state index >= 15 is 0 Å². The van der Waals surface area contributed by atoms with Gasteiger partial charge in [-0.25, -0.2) is 0 Å². The molecular weight excluding hydrogens is 350 g/mol. The molecule has 0 radical (unpaired) electrons. The molecule has 0 unspecified atom stereocenters. The van der Waals surface area contributed by atoms with Gasteiger partial charge in [0.2, 0.25) is 0 Å². The Morgan fingerprint density at radius 1 is 1.00 bits per heavy atom. The van der Waals surface area contributed by atoms with Crippen LogP contribution in [-0.4, -0.2) is 20.1 Å². The zero-order valence-corrected chi connectivity index (χ0v) is 15.3. The van der Waals surface area contributed by atoms with Crippen molar-refractivity contribution in [1.82, 2.24) is 0 Å². The van der Waals surface area contributed by atoms with Crippen LogP contribution in [0.1, 0.15) is 15.2 Å². The van der Waals surface area contributed by atoms with Crippen molar-refractivity contribution < 1.29 is 19.0 Å². The van der Waals surface area contributed by atoms with Gasteiger partial charge in [0.15, 0.2) is 11.5 Å². The summed E-state index contributed by atoms with van der Waals surface area (Å²) in [6.07, 6.45) is 0. The number of carbonyl (C=O) groups is 1. The lowest BCUT2D eigenvalue weighted by atomic mass is 10.2. The molecule has 3 aromatic rings. The third-order valence-corrected chi connectivity index (χ3v) is 4.67. The van der Waals surface area contributed by atoms with Gasteiger partial charge in [0.1, 0.15) is 12.4 Å². The fraction of sp³-hybridized carbons (Fsp3) is 0.150. The van der Waals surface area contributed by atoms with E-state index in [0.29, 0.717) is 23.0 Å². The van der Waals surface area contributed by atoms with Crippen LogP contribution >= 0.6 is 11.3 Å². The van der Waals surface area contributed by atoms with Crippen molar-refractivity contribution in [3.8, 4) is 17.2 Å². The number of nitrogens with one attached hydrogen (secondary N) is 1. The second-order valence-corrected chi connectivity index (χ2v) is 6.35. The SMILES string of the molecule is COc1ccc(NC(=O)c2cc(COc3ccccc3OC)cs2)cc1. The fourth-order valence-corrected chi connectivity index (χ4v) is 3.13. The minimum atomic E-state index is -0.149. The topological polar surface area (TPSA) is 56.8 Å². The molecular formula is C20H19NO4S. The molecule has 3 rings (SSSR count). The molecule has 0 aliphatic carbocycles. The fourth-order valence-electron chi connectivity index (χ4n) is 2.34. The molecule has 0 bridgehead atoms. The molecule has 0 fully saturated rings. The average molecular weight is 369 g/mol. The zero-order chi connectivity index (χ0) is 18.4. The molecule has 0 atom stereocenters. The van der Waals surface area contributed by atoms with E-state index in [1.54, 1.807) is 38.5 Å². The van der Waals surface area contributed by atoms with Crippen LogP contribution in [0.3, 0.4) is 0 Å². The van der Waals surface area contributed by atoms with Gasteiger partial charge in [-0.3, -0.25) is 4.79 Å². The summed E-state index contributed by atoms with van der Waals surface area (Å²) >= 11 is 1.38. The lowest BCUT2D eigenvalue weighted by Crippen LogP contribution is -2.10. The molecule has 5 nitrogen and oxygen atoms in total.